The Labute approximate surface area is 833 Å². The third kappa shape index (κ3) is 38.2. The van der Waals surface area contributed by atoms with E-state index in [1.54, 1.807) is 162 Å². The number of pyridine rings is 2. The van der Waals surface area contributed by atoms with Gasteiger partial charge in [-0.15, -0.1) is 38.0 Å². The molecule has 0 bridgehead atoms. The number of likely N-dealkylation sites (tertiary alicyclic amines) is 1. The van der Waals surface area contributed by atoms with Crippen LogP contribution in [0.4, 0.5) is 14.4 Å². The molecule has 13 N–H and O–H groups in total. The van der Waals surface area contributed by atoms with Crippen LogP contribution in [0, 0.1) is 11.8 Å². The molecule has 788 valence electrons. The van der Waals surface area contributed by atoms with Gasteiger partial charge in [0.25, 0.3) is 11.8 Å². The minimum absolute atomic E-state index is 0. The summed E-state index contributed by atoms with van der Waals surface area (Å²) in [7, 11) is -4.47. The zero-order chi connectivity index (χ0) is 105. The van der Waals surface area contributed by atoms with Gasteiger partial charge in [-0.05, 0) is 271 Å². The van der Waals surface area contributed by atoms with E-state index in [0.717, 1.165) is 21.9 Å². The standard InChI is InChI=1S/C37H51N5O10S.C24H28N4O6S.2C13H25NO5.C8H17NO3.2ClH/c1-10-23-19-37(23,33(45)41-53(47,48)26-12-13-26)40-30(43)28-18-25(50-31-27-14-11-24(49-9)17-22(27)15-16-38-31)20-42(28)32(44)29(21(2)51-35(3,4)5)39-34(46)52-36(6,7)8;1-3-15-12-24(15,23(30)28-35(31,32)18-5-6-18)27-21(29)20-11-17(13-26-20)34-22-19-7-4-16(33-2)10-14(19)8-9-25-22;2*1-8(18-12(2,3)4)9(10(15)16)14-11(17)19-13(5,6)7;1-5(6(9)7(10)11)12-8(2,3)4;;/h10-11,14-17,21,23,25-26,28-29H,1,12-13,18-20H2,2-9H3,(H,39,46)(H,40,43)(H,41,45);3-4,7-10,15,17-18,20,26H,1,5-6,11-13H2,2H3,(H,27,29)(H,28,30);2*8-9H,1-7H3,(H,14,17)(H,15,16);5-6H,9H2,1-4H3,(H,10,11);2*1H/t21-,23+,25+,28-,29-,37+;15-,17-,20+,24-;2*8-,9-;5-,6-;;/m01000../s1. The number of sulfonamides is 2. The van der Waals surface area contributed by atoms with Gasteiger partial charge in [0.05, 0.1) is 84.1 Å². The second-order valence-corrected chi connectivity index (χ2v) is 45.8. The second kappa shape index (κ2) is 49.2. The summed E-state index contributed by atoms with van der Waals surface area (Å²) in [4.78, 5) is 147. The molecule has 10 rings (SSSR count). The minimum atomic E-state index is -3.92. The van der Waals surface area contributed by atoms with Crippen molar-refractivity contribution >= 4 is 132 Å². The molecule has 16 atom stereocenters. The van der Waals surface area contributed by atoms with E-state index in [9.17, 15) is 69.6 Å². The van der Waals surface area contributed by atoms with E-state index in [4.69, 9.17) is 73.2 Å². The Morgan fingerprint density at radius 1 is 0.486 bits per heavy atom. The van der Waals surface area contributed by atoms with Gasteiger partial charge in [-0.3, -0.25) is 38.2 Å². The Kier molecular flexibility index (Phi) is 42.9. The zero-order valence-corrected chi connectivity index (χ0v) is 88.4. The third-order valence-corrected chi connectivity index (χ3v) is 25.0. The number of nitrogens with one attached hydrogen (secondary N) is 8. The summed E-state index contributed by atoms with van der Waals surface area (Å²) in [5.41, 5.74) is -1.82. The molecule has 0 spiro atoms. The number of nitrogens with two attached hydrogens (primary N) is 1. The number of halogens is 2. The van der Waals surface area contributed by atoms with Crippen LogP contribution in [0.5, 0.6) is 23.3 Å². The highest BCUT2D eigenvalue weighted by Crippen LogP contribution is 2.47. The number of nitrogens with zero attached hydrogens (tertiary/aromatic N) is 3. The molecule has 4 aromatic rings. The van der Waals surface area contributed by atoms with Crippen molar-refractivity contribution in [2.24, 2.45) is 17.6 Å². The van der Waals surface area contributed by atoms with Crippen molar-refractivity contribution in [3.8, 4) is 23.3 Å². The van der Waals surface area contributed by atoms with E-state index in [-0.39, 0.29) is 73.6 Å². The lowest BCUT2D eigenvalue weighted by atomic mass is 10.1. The number of aliphatic carboxylic acids is 3. The van der Waals surface area contributed by atoms with Crippen LogP contribution in [-0.2, 0) is 91.6 Å². The van der Waals surface area contributed by atoms with Gasteiger partial charge in [-0.25, -0.2) is 50.8 Å². The molecule has 2 aromatic heterocycles. The summed E-state index contributed by atoms with van der Waals surface area (Å²) in [6, 6.07) is 8.29. The molecule has 4 aliphatic carbocycles. The highest BCUT2D eigenvalue weighted by atomic mass is 35.5. The fraction of sp³-hybridized carbons (Fsp3) is 0.653. The monoisotopic (exact) mass is 2050 g/mol. The van der Waals surface area contributed by atoms with Crippen molar-refractivity contribution in [3.05, 3.63) is 86.2 Å². The summed E-state index contributed by atoms with van der Waals surface area (Å²) in [5.74, 6) is -5.43. The molecule has 6 aliphatic rings. The summed E-state index contributed by atoms with van der Waals surface area (Å²) in [6.45, 7) is 51.5. The van der Waals surface area contributed by atoms with E-state index in [2.05, 4.69) is 64.5 Å². The normalized spacial score (nSPS) is 21.7. The number of carbonyl (C=O) groups is 11. The maximum Gasteiger partial charge on any atom is 0.408 e. The first kappa shape index (κ1) is 122. The first-order valence-electron chi connectivity index (χ1n) is 45.7. The van der Waals surface area contributed by atoms with Crippen LogP contribution in [0.2, 0.25) is 0 Å². The van der Waals surface area contributed by atoms with Crippen LogP contribution in [0.1, 0.15) is 224 Å². The number of hydrogen-bond donors (Lipinski definition) is 12. The van der Waals surface area contributed by atoms with Crippen LogP contribution in [0.3, 0.4) is 0 Å². The van der Waals surface area contributed by atoms with Crippen molar-refractivity contribution in [2.45, 2.75) is 358 Å². The van der Waals surface area contributed by atoms with Gasteiger partial charge in [-0.1, -0.05) is 12.2 Å². The Morgan fingerprint density at radius 3 is 1.15 bits per heavy atom. The number of carboxylic acid groups (broad SMARTS) is 3. The van der Waals surface area contributed by atoms with E-state index in [0.29, 0.717) is 62.1 Å². The average molecular weight is 2060 g/mol. The number of amides is 8. The Hall–Kier alpha value is -10.2. The van der Waals surface area contributed by atoms with Crippen LogP contribution in [-0.4, -0.2) is 274 Å². The fourth-order valence-corrected chi connectivity index (χ4v) is 17.5. The van der Waals surface area contributed by atoms with Crippen LogP contribution >= 0.6 is 24.8 Å². The fourth-order valence-electron chi connectivity index (χ4n) is 14.8. The van der Waals surface area contributed by atoms with Gasteiger partial charge in [0, 0.05) is 54.4 Å². The lowest BCUT2D eigenvalue weighted by Crippen LogP contribution is -2.60. The first-order chi connectivity index (χ1) is 63.3. The Bertz CT molecular complexity index is 5190. The third-order valence-electron chi connectivity index (χ3n) is 21.4. The lowest BCUT2D eigenvalue weighted by Gasteiger charge is -2.35. The minimum Gasteiger partial charge on any atom is -0.497 e. The van der Waals surface area contributed by atoms with Crippen molar-refractivity contribution < 1.29 is 137 Å². The van der Waals surface area contributed by atoms with E-state index < -0.39 is 208 Å². The van der Waals surface area contributed by atoms with Crippen molar-refractivity contribution in [3.63, 3.8) is 0 Å². The molecule has 2 saturated heterocycles. The number of ether oxygens (including phenoxy) is 11. The van der Waals surface area contributed by atoms with Gasteiger partial charge in [0.15, 0.2) is 12.1 Å². The number of methoxy groups -OCH3 is 2. The number of carbonyl (C=O) groups excluding carboxylic acids is 8. The second-order valence-electron chi connectivity index (χ2n) is 41.8. The Morgan fingerprint density at radius 2 is 0.829 bits per heavy atom. The molecule has 45 heteroatoms. The van der Waals surface area contributed by atoms with Crippen LogP contribution < -0.4 is 66.0 Å². The quantitative estimate of drug-likeness (QED) is 0.0156. The van der Waals surface area contributed by atoms with Crippen molar-refractivity contribution in [2.75, 3.05) is 27.3 Å². The molecule has 41 nitrogen and oxygen atoms in total. The molecule has 0 unspecified atom stereocenters. The number of aromatic nitrogens is 2. The topological polar surface area (TPSA) is 570 Å². The van der Waals surface area contributed by atoms with Crippen molar-refractivity contribution in [1.29, 1.82) is 0 Å². The molecular weight excluding hydrogens is 1910 g/mol. The van der Waals surface area contributed by atoms with Gasteiger partial charge >= 0.3 is 36.2 Å². The molecule has 4 saturated carbocycles. The first-order valence-corrected chi connectivity index (χ1v) is 48.8. The Balaban J connectivity index is 0.000000403. The van der Waals surface area contributed by atoms with Gasteiger partial charge < -0.3 is 110 Å². The van der Waals surface area contributed by atoms with E-state index in [1.807, 2.05) is 92.6 Å². The number of rotatable bonds is 33. The van der Waals surface area contributed by atoms with Gasteiger partial charge in [-0.2, -0.15) is 0 Å². The van der Waals surface area contributed by atoms with E-state index >= 15 is 0 Å². The molecule has 0 radical (unpaired) electrons. The summed E-state index contributed by atoms with van der Waals surface area (Å²) < 4.78 is 115. The molecule has 6 fully saturated rings. The number of fused-ring (bicyclic) bond motifs is 2. The van der Waals surface area contributed by atoms with Crippen LogP contribution in [0.25, 0.3) is 21.5 Å². The summed E-state index contributed by atoms with van der Waals surface area (Å²) in [6.07, 6.45) is 2.87. The number of hydrogen-bond acceptors (Lipinski definition) is 30. The largest absolute Gasteiger partial charge is 0.497 e. The lowest BCUT2D eigenvalue weighted by molar-refractivity contribution is -0.148. The van der Waals surface area contributed by atoms with Gasteiger partial charge in [0.1, 0.15) is 69.7 Å². The smallest absolute Gasteiger partial charge is 0.408 e. The maximum atomic E-state index is 14.6. The molecule has 2 aromatic carbocycles. The van der Waals surface area contributed by atoms with Gasteiger partial charge in [0.2, 0.25) is 49.5 Å². The SMILES string of the molecule is C=C[C@@H]1C[C@]1(NC(=O)[C@@H]1C[C@@H](Oc2nccc3cc(OC)ccc23)CN1)C(=O)NS(=O)(=O)C1CC1.C=C[C@@H]1C[C@]1(NC(=O)[C@@H]1C[C@@H](Oc2nccc3cc(OC)ccc23)CN1C(=O)[C@@H](NC(=O)OC(C)(C)C)[C@H](C)OC(C)(C)C)C(=O)NS(=O)(=O)C1CC1.C[C@H](OC(C)(C)C)[C@H](N)C(=O)O.C[C@H](OC(C)(C)C)[C@H](NC(=O)OC(C)(C)C)C(=O)O.C[C@H](OC(C)(C)C)[C@H](NC(=O)OC(C)(C)C)C(=O)O.Cl.Cl. The predicted molar refractivity (Wildman–Crippen MR) is 527 cm³/mol. The van der Waals surface area contributed by atoms with Crippen molar-refractivity contribution in [1.82, 2.24) is 56.2 Å². The summed E-state index contributed by atoms with van der Waals surface area (Å²) in [5, 5.41) is 44.8. The average Bonchev–Trinajstić information content (AvgIpc) is 1.58. The summed E-state index contributed by atoms with van der Waals surface area (Å²) >= 11 is 0. The van der Waals surface area contributed by atoms with E-state index in [1.165, 1.54) is 11.0 Å². The maximum absolute atomic E-state index is 14.6. The molecular formula is C95H148Cl2N12O29S2. The zero-order valence-electron chi connectivity index (χ0n) is 85.2. The molecule has 8 amide bonds. The highest BCUT2D eigenvalue weighted by Gasteiger charge is 2.63. The molecule has 2 aliphatic heterocycles. The number of benzene rings is 2. The molecule has 140 heavy (non-hydrogen) atoms. The number of carboxylic acids is 3. The van der Waals surface area contributed by atoms with Crippen LogP contribution in [0.15, 0.2) is 86.2 Å². The predicted octanol–water partition coefficient (Wildman–Crippen LogP) is 10.2. The molecule has 4 heterocycles. The highest BCUT2D eigenvalue weighted by molar-refractivity contribution is 7.91. The number of alkyl carbamates (subject to hydrolysis) is 3.